The highest BCUT2D eigenvalue weighted by Crippen LogP contribution is 2.16. The Morgan fingerprint density at radius 1 is 1.41 bits per heavy atom. The predicted molar refractivity (Wildman–Crippen MR) is 71.9 cm³/mol. The minimum Gasteiger partial charge on any atom is -0.358 e. The molecule has 5 nitrogen and oxygen atoms in total. The second-order valence-electron chi connectivity index (χ2n) is 3.63. The largest absolute Gasteiger partial charge is 0.358 e. The molecule has 0 aliphatic carbocycles. The summed E-state index contributed by atoms with van der Waals surface area (Å²) in [6.45, 7) is 2.23. The van der Waals surface area contributed by atoms with Crippen LogP contribution in [0.1, 0.15) is 11.4 Å². The van der Waals surface area contributed by atoms with Crippen LogP contribution in [0, 0.1) is 20.6 Å². The van der Waals surface area contributed by atoms with E-state index in [2.05, 4.69) is 27.6 Å². The SMILES string of the molecule is Cc1ncc([N+](=O)[O-])n1Cc1ccc(I)cc1. The van der Waals surface area contributed by atoms with Crippen LogP contribution in [0.2, 0.25) is 0 Å². The van der Waals surface area contributed by atoms with Crippen LogP contribution in [0.25, 0.3) is 0 Å². The monoisotopic (exact) mass is 343 g/mol. The Labute approximate surface area is 112 Å². The average molecular weight is 343 g/mol. The molecule has 0 amide bonds. The lowest BCUT2D eigenvalue weighted by Gasteiger charge is -2.03. The van der Waals surface area contributed by atoms with Crippen molar-refractivity contribution in [3.05, 3.63) is 55.5 Å². The first kappa shape index (κ1) is 12.0. The van der Waals surface area contributed by atoms with Gasteiger partial charge in [-0.25, -0.2) is 9.55 Å². The van der Waals surface area contributed by atoms with Gasteiger partial charge < -0.3 is 10.1 Å². The van der Waals surface area contributed by atoms with Gasteiger partial charge in [0, 0.05) is 10.5 Å². The van der Waals surface area contributed by atoms with Crippen molar-refractivity contribution < 1.29 is 4.92 Å². The minimum absolute atomic E-state index is 0.0288. The molecule has 0 bridgehead atoms. The van der Waals surface area contributed by atoms with Gasteiger partial charge in [0.15, 0.2) is 5.82 Å². The van der Waals surface area contributed by atoms with Gasteiger partial charge >= 0.3 is 5.82 Å². The van der Waals surface area contributed by atoms with Gasteiger partial charge in [-0.3, -0.25) is 0 Å². The predicted octanol–water partition coefficient (Wildman–Crippen LogP) is 2.75. The first-order chi connectivity index (χ1) is 8.08. The topological polar surface area (TPSA) is 61.0 Å². The van der Waals surface area contributed by atoms with E-state index in [0.717, 1.165) is 9.13 Å². The summed E-state index contributed by atoms with van der Waals surface area (Å²) in [6.07, 6.45) is 1.29. The smallest absolute Gasteiger partial charge is 0.343 e. The zero-order valence-electron chi connectivity index (χ0n) is 9.13. The third kappa shape index (κ3) is 2.63. The van der Waals surface area contributed by atoms with Crippen LogP contribution in [0.15, 0.2) is 30.5 Å². The molecule has 0 aliphatic heterocycles. The number of nitro groups is 1. The lowest BCUT2D eigenvalue weighted by atomic mass is 10.2. The molecule has 0 radical (unpaired) electrons. The van der Waals surface area contributed by atoms with E-state index in [4.69, 9.17) is 0 Å². The Morgan fingerprint density at radius 2 is 2.06 bits per heavy atom. The standard InChI is InChI=1S/C11H10IN3O2/c1-8-13-6-11(15(16)17)14(8)7-9-2-4-10(12)5-3-9/h2-6H,7H2,1H3. The van der Waals surface area contributed by atoms with E-state index in [1.807, 2.05) is 24.3 Å². The fourth-order valence-corrected chi connectivity index (χ4v) is 1.93. The summed E-state index contributed by atoms with van der Waals surface area (Å²) in [4.78, 5) is 14.4. The molecule has 0 N–H and O–H groups in total. The van der Waals surface area contributed by atoms with Crippen molar-refractivity contribution in [1.29, 1.82) is 0 Å². The molecule has 0 atom stereocenters. The molecule has 0 unspecified atom stereocenters. The van der Waals surface area contributed by atoms with Crippen molar-refractivity contribution in [3.63, 3.8) is 0 Å². The van der Waals surface area contributed by atoms with Crippen LogP contribution >= 0.6 is 22.6 Å². The summed E-state index contributed by atoms with van der Waals surface area (Å²) in [5, 5.41) is 10.8. The molecule has 0 aliphatic rings. The Bertz CT molecular complexity index is 548. The van der Waals surface area contributed by atoms with Gasteiger partial charge in [0.25, 0.3) is 0 Å². The Hall–Kier alpha value is -1.44. The van der Waals surface area contributed by atoms with Crippen LogP contribution < -0.4 is 0 Å². The minimum atomic E-state index is -0.410. The molecule has 2 aromatic rings. The summed E-state index contributed by atoms with van der Waals surface area (Å²) in [5.41, 5.74) is 1.02. The van der Waals surface area contributed by atoms with Crippen molar-refractivity contribution in [2.75, 3.05) is 0 Å². The van der Waals surface area contributed by atoms with E-state index in [9.17, 15) is 10.1 Å². The Morgan fingerprint density at radius 3 is 2.65 bits per heavy atom. The molecule has 0 spiro atoms. The van der Waals surface area contributed by atoms with Gasteiger partial charge in [0.2, 0.25) is 0 Å². The molecule has 0 saturated heterocycles. The maximum atomic E-state index is 10.8. The number of benzene rings is 1. The van der Waals surface area contributed by atoms with E-state index in [1.165, 1.54) is 6.20 Å². The molecule has 2 rings (SSSR count). The first-order valence-electron chi connectivity index (χ1n) is 4.99. The number of aromatic nitrogens is 2. The molecule has 1 aromatic carbocycles. The number of hydrogen-bond donors (Lipinski definition) is 0. The molecule has 6 heteroatoms. The number of rotatable bonds is 3. The number of hydrogen-bond acceptors (Lipinski definition) is 3. The van der Waals surface area contributed by atoms with Gasteiger partial charge in [0.1, 0.15) is 12.7 Å². The molecule has 1 aromatic heterocycles. The van der Waals surface area contributed by atoms with Crippen molar-refractivity contribution in [1.82, 2.24) is 9.55 Å². The van der Waals surface area contributed by atoms with E-state index >= 15 is 0 Å². The molecule has 17 heavy (non-hydrogen) atoms. The zero-order valence-corrected chi connectivity index (χ0v) is 11.3. The highest BCUT2D eigenvalue weighted by atomic mass is 127. The molecule has 1 heterocycles. The summed E-state index contributed by atoms with van der Waals surface area (Å²) < 4.78 is 2.74. The van der Waals surface area contributed by atoms with Gasteiger partial charge in [0.05, 0.1) is 0 Å². The summed E-state index contributed by atoms with van der Waals surface area (Å²) in [5.74, 6) is 0.677. The zero-order chi connectivity index (χ0) is 12.4. The van der Waals surface area contributed by atoms with Crippen LogP contribution in [0.5, 0.6) is 0 Å². The maximum absolute atomic E-state index is 10.8. The summed E-state index contributed by atoms with van der Waals surface area (Å²) >= 11 is 2.22. The van der Waals surface area contributed by atoms with Crippen LogP contribution in [-0.2, 0) is 6.54 Å². The summed E-state index contributed by atoms with van der Waals surface area (Å²) in [7, 11) is 0. The highest BCUT2D eigenvalue weighted by Gasteiger charge is 2.17. The van der Waals surface area contributed by atoms with Crippen LogP contribution in [-0.4, -0.2) is 14.5 Å². The number of halogens is 1. The third-order valence-corrected chi connectivity index (χ3v) is 3.19. The number of aryl methyl sites for hydroxylation is 1. The van der Waals surface area contributed by atoms with Crippen molar-refractivity contribution in [2.24, 2.45) is 0 Å². The van der Waals surface area contributed by atoms with Crippen LogP contribution in [0.3, 0.4) is 0 Å². The van der Waals surface area contributed by atoms with Gasteiger partial charge in [-0.1, -0.05) is 12.1 Å². The van der Waals surface area contributed by atoms with E-state index in [1.54, 1.807) is 11.5 Å². The van der Waals surface area contributed by atoms with Crippen molar-refractivity contribution in [2.45, 2.75) is 13.5 Å². The third-order valence-electron chi connectivity index (χ3n) is 2.48. The number of imidazole rings is 1. The fraction of sp³-hybridized carbons (Fsp3) is 0.182. The Balaban J connectivity index is 2.32. The van der Waals surface area contributed by atoms with E-state index in [0.29, 0.717) is 12.4 Å². The quantitative estimate of drug-likeness (QED) is 0.489. The van der Waals surface area contributed by atoms with Gasteiger partial charge in [-0.05, 0) is 45.2 Å². The maximum Gasteiger partial charge on any atom is 0.343 e. The second kappa shape index (κ2) is 4.82. The van der Waals surface area contributed by atoms with Crippen LogP contribution in [0.4, 0.5) is 5.82 Å². The fourth-order valence-electron chi connectivity index (χ4n) is 1.57. The molecule has 0 saturated carbocycles. The van der Waals surface area contributed by atoms with E-state index < -0.39 is 4.92 Å². The molecule has 0 fully saturated rings. The van der Waals surface area contributed by atoms with Crippen molar-refractivity contribution in [3.8, 4) is 0 Å². The Kier molecular flexibility index (Phi) is 3.41. The van der Waals surface area contributed by atoms with Gasteiger partial charge in [-0.2, -0.15) is 0 Å². The van der Waals surface area contributed by atoms with E-state index in [-0.39, 0.29) is 5.82 Å². The highest BCUT2D eigenvalue weighted by molar-refractivity contribution is 14.1. The number of nitrogens with zero attached hydrogens (tertiary/aromatic N) is 3. The lowest BCUT2D eigenvalue weighted by Crippen LogP contribution is -2.06. The average Bonchev–Trinajstić information content (AvgIpc) is 2.64. The molecule has 88 valence electrons. The van der Waals surface area contributed by atoms with Crippen molar-refractivity contribution >= 4 is 28.4 Å². The summed E-state index contributed by atoms with van der Waals surface area (Å²) in [6, 6.07) is 7.89. The lowest BCUT2D eigenvalue weighted by molar-refractivity contribution is -0.392. The second-order valence-corrected chi connectivity index (χ2v) is 4.88. The normalized spacial score (nSPS) is 10.5. The molecular formula is C11H10IN3O2. The van der Waals surface area contributed by atoms with Gasteiger partial charge in [-0.15, -0.1) is 0 Å². The molecular weight excluding hydrogens is 333 g/mol. The first-order valence-corrected chi connectivity index (χ1v) is 6.07.